The van der Waals surface area contributed by atoms with Crippen LogP contribution in [-0.2, 0) is 9.59 Å². The highest BCUT2D eigenvalue weighted by Gasteiger charge is 2.36. The maximum absolute atomic E-state index is 13.8. The van der Waals surface area contributed by atoms with Crippen LogP contribution in [-0.4, -0.2) is 25.5 Å². The molecule has 1 aliphatic carbocycles. The van der Waals surface area contributed by atoms with Crippen molar-refractivity contribution < 1.29 is 23.8 Å². The number of allylic oxidation sites excluding steroid dienone is 1. The first-order valence-corrected chi connectivity index (χ1v) is 12.4. The summed E-state index contributed by atoms with van der Waals surface area (Å²) in [7, 11) is 1.65. The van der Waals surface area contributed by atoms with Crippen molar-refractivity contribution in [2.75, 3.05) is 24.4 Å². The summed E-state index contributed by atoms with van der Waals surface area (Å²) >= 11 is 0. The highest BCUT2D eigenvalue weighted by molar-refractivity contribution is 6.01. The van der Waals surface area contributed by atoms with E-state index in [4.69, 9.17) is 14.2 Å². The summed E-state index contributed by atoms with van der Waals surface area (Å²) in [4.78, 5) is 25.4. The number of Topliss-reactive ketones (excluding diaryl/α,β-unsaturated/α-hetero) is 1. The van der Waals surface area contributed by atoms with Crippen molar-refractivity contribution in [3.8, 4) is 17.2 Å². The number of hydrogen-bond acceptors (Lipinski definition) is 7. The lowest BCUT2D eigenvalue weighted by Crippen LogP contribution is -2.27. The average Bonchev–Trinajstić information content (AvgIpc) is 3.06. The van der Waals surface area contributed by atoms with Crippen LogP contribution in [0.1, 0.15) is 49.8 Å². The van der Waals surface area contributed by atoms with Crippen LogP contribution in [0.3, 0.4) is 0 Å². The fourth-order valence-electron chi connectivity index (χ4n) is 5.09. The van der Waals surface area contributed by atoms with Crippen LogP contribution >= 0.6 is 0 Å². The Kier molecular flexibility index (Phi) is 6.86. The Morgan fingerprint density at radius 1 is 0.946 bits per heavy atom. The van der Waals surface area contributed by atoms with Gasteiger partial charge in [0.25, 0.3) is 0 Å². The second-order valence-electron chi connectivity index (χ2n) is 9.18. The van der Waals surface area contributed by atoms with E-state index in [9.17, 15) is 9.59 Å². The topological polar surface area (TPSA) is 85.9 Å². The summed E-state index contributed by atoms with van der Waals surface area (Å²) in [6.45, 7) is 3.64. The molecule has 5 rings (SSSR count). The highest BCUT2D eigenvalue weighted by atomic mass is 16.6. The number of esters is 1. The molecule has 190 valence electrons. The van der Waals surface area contributed by atoms with Crippen LogP contribution < -0.4 is 24.8 Å². The van der Waals surface area contributed by atoms with Gasteiger partial charge in [0.1, 0.15) is 5.75 Å². The Labute approximate surface area is 216 Å². The molecule has 7 nitrogen and oxygen atoms in total. The number of carbonyl (C=O) groups excluding carboxylic acids is 2. The van der Waals surface area contributed by atoms with Crippen molar-refractivity contribution in [2.45, 2.75) is 38.6 Å². The summed E-state index contributed by atoms with van der Waals surface area (Å²) in [5, 5.41) is 7.14. The van der Waals surface area contributed by atoms with Crippen LogP contribution in [0.25, 0.3) is 0 Å². The zero-order valence-corrected chi connectivity index (χ0v) is 21.2. The molecule has 1 aliphatic heterocycles. The molecule has 1 heterocycles. The molecule has 0 saturated heterocycles. The Bertz CT molecular complexity index is 1380. The second-order valence-corrected chi connectivity index (χ2v) is 9.18. The first-order valence-electron chi connectivity index (χ1n) is 12.4. The van der Waals surface area contributed by atoms with E-state index in [0.717, 1.165) is 33.9 Å². The minimum absolute atomic E-state index is 0.0325. The quantitative estimate of drug-likeness (QED) is 0.318. The molecular weight excluding hydrogens is 468 g/mol. The zero-order valence-electron chi connectivity index (χ0n) is 21.2. The lowest BCUT2D eigenvalue weighted by Gasteiger charge is -2.30. The van der Waals surface area contributed by atoms with E-state index in [-0.39, 0.29) is 11.7 Å². The van der Waals surface area contributed by atoms with Gasteiger partial charge >= 0.3 is 5.97 Å². The minimum atomic E-state index is -0.421. The van der Waals surface area contributed by atoms with Gasteiger partial charge in [-0.05, 0) is 66.8 Å². The lowest BCUT2D eigenvalue weighted by molar-refractivity contribution is -0.132. The molecule has 0 aromatic heterocycles. The molecular formula is C30H30N2O5. The number of nitrogens with one attached hydrogen (secondary N) is 2. The molecule has 0 saturated carbocycles. The van der Waals surface area contributed by atoms with Crippen LogP contribution in [0, 0.1) is 0 Å². The van der Waals surface area contributed by atoms with Crippen LogP contribution in [0.15, 0.2) is 78.0 Å². The third-order valence-corrected chi connectivity index (χ3v) is 6.73. The molecule has 3 aromatic carbocycles. The van der Waals surface area contributed by atoms with Gasteiger partial charge in [0, 0.05) is 24.6 Å². The molecule has 37 heavy (non-hydrogen) atoms. The fraction of sp³-hybridized carbons (Fsp3) is 0.267. The fourth-order valence-corrected chi connectivity index (χ4v) is 5.09. The molecule has 3 aromatic rings. The molecule has 2 N–H and O–H groups in total. The predicted octanol–water partition coefficient (Wildman–Crippen LogP) is 6.00. The second kappa shape index (κ2) is 10.4. The van der Waals surface area contributed by atoms with Gasteiger partial charge in [-0.1, -0.05) is 30.3 Å². The molecule has 7 heteroatoms. The maximum atomic E-state index is 13.8. The molecule has 0 bridgehead atoms. The number of carbonyl (C=O) groups is 2. The molecule has 0 radical (unpaired) electrons. The van der Waals surface area contributed by atoms with E-state index in [1.807, 2.05) is 61.5 Å². The number of anilines is 2. The Morgan fingerprint density at radius 3 is 2.51 bits per heavy atom. The monoisotopic (exact) mass is 498 g/mol. The summed E-state index contributed by atoms with van der Waals surface area (Å²) in [6.07, 6.45) is 1.08. The smallest absolute Gasteiger partial charge is 0.308 e. The number of fused-ring (bicyclic) bond motifs is 1. The van der Waals surface area contributed by atoms with E-state index in [1.165, 1.54) is 6.92 Å². The largest absolute Gasteiger partial charge is 0.497 e. The summed E-state index contributed by atoms with van der Waals surface area (Å²) in [6, 6.07) is 20.9. The van der Waals surface area contributed by atoms with Gasteiger partial charge in [-0.15, -0.1) is 0 Å². The molecule has 0 spiro atoms. The van der Waals surface area contributed by atoms with Gasteiger partial charge in [0.05, 0.1) is 31.1 Å². The van der Waals surface area contributed by atoms with Crippen LogP contribution in [0.4, 0.5) is 11.4 Å². The maximum Gasteiger partial charge on any atom is 0.308 e. The van der Waals surface area contributed by atoms with Crippen LogP contribution in [0.5, 0.6) is 17.2 Å². The Morgan fingerprint density at radius 2 is 1.76 bits per heavy atom. The van der Waals surface area contributed by atoms with E-state index < -0.39 is 12.0 Å². The van der Waals surface area contributed by atoms with Gasteiger partial charge in [0.15, 0.2) is 17.3 Å². The third kappa shape index (κ3) is 5.03. The molecule has 2 aliphatic rings. The van der Waals surface area contributed by atoms with Crippen molar-refractivity contribution in [3.05, 3.63) is 89.1 Å². The van der Waals surface area contributed by atoms with Crippen molar-refractivity contribution >= 4 is 23.1 Å². The molecule has 0 fully saturated rings. The average molecular weight is 499 g/mol. The van der Waals surface area contributed by atoms with E-state index in [2.05, 4.69) is 16.7 Å². The van der Waals surface area contributed by atoms with E-state index in [1.54, 1.807) is 13.2 Å². The number of methoxy groups -OCH3 is 1. The zero-order chi connectivity index (χ0) is 25.9. The highest BCUT2D eigenvalue weighted by Crippen LogP contribution is 2.45. The van der Waals surface area contributed by atoms with Gasteiger partial charge < -0.3 is 24.8 Å². The molecule has 0 amide bonds. The van der Waals surface area contributed by atoms with Gasteiger partial charge in [-0.25, -0.2) is 0 Å². The van der Waals surface area contributed by atoms with E-state index >= 15 is 0 Å². The van der Waals surface area contributed by atoms with Crippen molar-refractivity contribution in [3.63, 3.8) is 0 Å². The number of para-hydroxylation sites is 2. The number of rotatable bonds is 6. The number of hydrogen-bond donors (Lipinski definition) is 2. The lowest BCUT2D eigenvalue weighted by atomic mass is 9.78. The summed E-state index contributed by atoms with van der Waals surface area (Å²) in [5.41, 5.74) is 5.34. The number of benzene rings is 3. The molecule has 2 atom stereocenters. The normalized spacial score (nSPS) is 18.5. The SMILES string of the molecule is CCOc1cc(C2Nc3ccccc3NC3=C2C(=O)CC(c2cccc(OC)c2)C3)ccc1OC(C)=O. The predicted molar refractivity (Wildman–Crippen MR) is 142 cm³/mol. The van der Waals surface area contributed by atoms with Crippen molar-refractivity contribution in [1.29, 1.82) is 0 Å². The third-order valence-electron chi connectivity index (χ3n) is 6.73. The van der Waals surface area contributed by atoms with Crippen LogP contribution in [0.2, 0.25) is 0 Å². The summed E-state index contributed by atoms with van der Waals surface area (Å²) in [5.74, 6) is 1.28. The molecule has 2 unspecified atom stereocenters. The minimum Gasteiger partial charge on any atom is -0.497 e. The van der Waals surface area contributed by atoms with Gasteiger partial charge in [0.2, 0.25) is 0 Å². The Hall–Kier alpha value is -4.26. The number of ether oxygens (including phenoxy) is 3. The Balaban J connectivity index is 1.59. The van der Waals surface area contributed by atoms with E-state index in [0.29, 0.717) is 36.5 Å². The van der Waals surface area contributed by atoms with Gasteiger partial charge in [-0.3, -0.25) is 9.59 Å². The van der Waals surface area contributed by atoms with Gasteiger partial charge in [-0.2, -0.15) is 0 Å². The summed E-state index contributed by atoms with van der Waals surface area (Å²) < 4.78 is 16.6. The number of ketones is 1. The van der Waals surface area contributed by atoms with Crippen molar-refractivity contribution in [2.24, 2.45) is 0 Å². The first-order chi connectivity index (χ1) is 18.0. The standard InChI is InChI=1S/C30H30N2O5/c1-4-36-28-17-20(12-13-27(28)37-18(2)33)30-29-25(31-23-10-5-6-11-24(23)32-30)15-21(16-26(29)34)19-8-7-9-22(14-19)35-3/h5-14,17,21,30-32H,4,15-16H2,1-3H3. The van der Waals surface area contributed by atoms with Crippen molar-refractivity contribution in [1.82, 2.24) is 0 Å². The first kappa shape index (κ1) is 24.4.